The molecular formula is C12H14FN3O2. The molecule has 6 heteroatoms. The van der Waals surface area contributed by atoms with Gasteiger partial charge >= 0.3 is 0 Å². The van der Waals surface area contributed by atoms with Gasteiger partial charge in [0.2, 0.25) is 0 Å². The average molecular weight is 251 g/mol. The monoisotopic (exact) mass is 251 g/mol. The highest BCUT2D eigenvalue weighted by molar-refractivity contribution is 5.55. The predicted octanol–water partition coefficient (Wildman–Crippen LogP) is 1.49. The van der Waals surface area contributed by atoms with Gasteiger partial charge < -0.3 is 9.80 Å². The van der Waals surface area contributed by atoms with E-state index in [9.17, 15) is 14.5 Å². The van der Waals surface area contributed by atoms with Gasteiger partial charge in [0, 0.05) is 37.7 Å². The van der Waals surface area contributed by atoms with Crippen molar-refractivity contribution in [2.45, 2.75) is 0 Å². The first-order valence-corrected chi connectivity index (χ1v) is 5.87. The third kappa shape index (κ3) is 1.64. The molecule has 0 bridgehead atoms. The molecule has 0 aromatic heterocycles. The molecule has 0 N–H and O–H groups in total. The molecule has 2 aliphatic rings. The van der Waals surface area contributed by atoms with Crippen LogP contribution >= 0.6 is 0 Å². The molecule has 2 fully saturated rings. The number of nitro benzene ring substituents is 1. The number of halogens is 1. The molecule has 1 aromatic rings. The Labute approximate surface area is 104 Å². The van der Waals surface area contributed by atoms with Crippen LogP contribution in [0, 0.1) is 21.3 Å². The topological polar surface area (TPSA) is 49.6 Å². The van der Waals surface area contributed by atoms with E-state index in [-0.39, 0.29) is 5.69 Å². The van der Waals surface area contributed by atoms with Crippen LogP contribution in [0.1, 0.15) is 0 Å². The van der Waals surface area contributed by atoms with Gasteiger partial charge in [0.1, 0.15) is 0 Å². The lowest BCUT2D eigenvalue weighted by Crippen LogP contribution is -2.71. The fourth-order valence-corrected chi connectivity index (χ4v) is 3.10. The lowest BCUT2D eigenvalue weighted by atomic mass is 9.73. The molecular weight excluding hydrogens is 237 g/mol. The Morgan fingerprint density at radius 2 is 2.00 bits per heavy atom. The highest BCUT2D eigenvalue weighted by Crippen LogP contribution is 2.42. The summed E-state index contributed by atoms with van der Waals surface area (Å²) in [6, 6.07) is 3.85. The number of hydrogen-bond donors (Lipinski definition) is 0. The van der Waals surface area contributed by atoms with Crippen LogP contribution < -0.4 is 4.90 Å². The summed E-state index contributed by atoms with van der Waals surface area (Å²) in [5.41, 5.74) is 0.596. The first-order chi connectivity index (χ1) is 8.49. The summed E-state index contributed by atoms with van der Waals surface area (Å²) < 4.78 is 13.8. The zero-order valence-electron chi connectivity index (χ0n) is 10.1. The fourth-order valence-electron chi connectivity index (χ4n) is 3.10. The Morgan fingerprint density at radius 1 is 1.33 bits per heavy atom. The van der Waals surface area contributed by atoms with Crippen LogP contribution in [0.4, 0.5) is 15.8 Å². The molecule has 2 aliphatic heterocycles. The smallest absolute Gasteiger partial charge is 0.272 e. The third-order valence-electron chi connectivity index (χ3n) is 3.75. The summed E-state index contributed by atoms with van der Waals surface area (Å²) in [6.45, 7) is 3.79. The van der Waals surface area contributed by atoms with Crippen molar-refractivity contribution in [2.24, 2.45) is 5.41 Å². The summed E-state index contributed by atoms with van der Waals surface area (Å²) in [4.78, 5) is 14.1. The normalized spacial score (nSPS) is 21.6. The van der Waals surface area contributed by atoms with Crippen molar-refractivity contribution >= 4 is 11.4 Å². The number of benzene rings is 1. The van der Waals surface area contributed by atoms with Crippen molar-refractivity contribution < 1.29 is 9.31 Å². The second-order valence-corrected chi connectivity index (χ2v) is 5.42. The van der Waals surface area contributed by atoms with Gasteiger partial charge in [0.25, 0.3) is 5.69 Å². The van der Waals surface area contributed by atoms with E-state index in [1.165, 1.54) is 12.1 Å². The standard InChI is InChI=1S/C12H14FN3O2/c1-14-5-12(6-14)7-15(8-12)11-3-2-9(16(17)18)4-10(11)13/h2-4H,5-8H2,1H3. The number of likely N-dealkylation sites (tertiary alicyclic amines) is 1. The van der Waals surface area contributed by atoms with Gasteiger partial charge in [-0.2, -0.15) is 0 Å². The second-order valence-electron chi connectivity index (χ2n) is 5.42. The minimum absolute atomic E-state index is 0.199. The molecule has 0 amide bonds. The van der Waals surface area contributed by atoms with Gasteiger partial charge in [0.05, 0.1) is 16.7 Å². The van der Waals surface area contributed by atoms with E-state index >= 15 is 0 Å². The van der Waals surface area contributed by atoms with Gasteiger partial charge in [0.15, 0.2) is 5.82 Å². The predicted molar refractivity (Wildman–Crippen MR) is 65.2 cm³/mol. The first-order valence-electron chi connectivity index (χ1n) is 5.87. The fraction of sp³-hybridized carbons (Fsp3) is 0.500. The Balaban J connectivity index is 1.73. The SMILES string of the molecule is CN1CC2(C1)CN(c1ccc([N+](=O)[O-])cc1F)C2. The maximum atomic E-state index is 13.8. The third-order valence-corrected chi connectivity index (χ3v) is 3.75. The summed E-state index contributed by atoms with van der Waals surface area (Å²) in [6.07, 6.45) is 0. The van der Waals surface area contributed by atoms with Crippen molar-refractivity contribution in [1.29, 1.82) is 0 Å². The summed E-state index contributed by atoms with van der Waals surface area (Å²) in [5.74, 6) is -0.508. The van der Waals surface area contributed by atoms with Crippen molar-refractivity contribution in [1.82, 2.24) is 4.90 Å². The Bertz CT molecular complexity index is 506. The number of rotatable bonds is 2. The van der Waals surface area contributed by atoms with E-state index in [1.807, 2.05) is 4.90 Å². The molecule has 96 valence electrons. The molecule has 2 heterocycles. The molecule has 0 aliphatic carbocycles. The zero-order chi connectivity index (χ0) is 12.9. The van der Waals surface area contributed by atoms with Crippen LogP contribution in [0.2, 0.25) is 0 Å². The second kappa shape index (κ2) is 3.65. The Hall–Kier alpha value is -1.69. The number of non-ortho nitro benzene ring substituents is 1. The lowest BCUT2D eigenvalue weighted by Gasteiger charge is -2.60. The first kappa shape index (κ1) is 11.4. The molecule has 18 heavy (non-hydrogen) atoms. The van der Waals surface area contributed by atoms with Crippen molar-refractivity contribution in [2.75, 3.05) is 38.1 Å². The Kier molecular flexibility index (Phi) is 2.31. The molecule has 5 nitrogen and oxygen atoms in total. The largest absolute Gasteiger partial charge is 0.368 e. The molecule has 2 saturated heterocycles. The quantitative estimate of drug-likeness (QED) is 0.590. The minimum atomic E-state index is -0.578. The van der Waals surface area contributed by atoms with Gasteiger partial charge in [-0.1, -0.05) is 0 Å². The molecule has 0 atom stereocenters. The molecule has 3 rings (SSSR count). The van der Waals surface area contributed by atoms with Crippen molar-refractivity contribution in [3.05, 3.63) is 34.1 Å². The van der Waals surface area contributed by atoms with Crippen LogP contribution in [0.5, 0.6) is 0 Å². The van der Waals surface area contributed by atoms with Crippen LogP contribution in [0.25, 0.3) is 0 Å². The molecule has 0 unspecified atom stereocenters. The van der Waals surface area contributed by atoms with E-state index < -0.39 is 10.7 Å². The summed E-state index contributed by atoms with van der Waals surface area (Å²) >= 11 is 0. The molecule has 0 radical (unpaired) electrons. The zero-order valence-corrected chi connectivity index (χ0v) is 10.1. The van der Waals surface area contributed by atoms with E-state index in [0.717, 1.165) is 32.2 Å². The molecule has 1 aromatic carbocycles. The van der Waals surface area contributed by atoms with Crippen LogP contribution in [0.15, 0.2) is 18.2 Å². The van der Waals surface area contributed by atoms with E-state index in [1.54, 1.807) is 0 Å². The van der Waals surface area contributed by atoms with Gasteiger partial charge in [-0.05, 0) is 13.1 Å². The van der Waals surface area contributed by atoms with Crippen LogP contribution in [-0.2, 0) is 0 Å². The van der Waals surface area contributed by atoms with Crippen molar-refractivity contribution in [3.63, 3.8) is 0 Å². The number of hydrogen-bond acceptors (Lipinski definition) is 4. The highest BCUT2D eigenvalue weighted by atomic mass is 19.1. The lowest BCUT2D eigenvalue weighted by molar-refractivity contribution is -0.385. The minimum Gasteiger partial charge on any atom is -0.368 e. The van der Waals surface area contributed by atoms with E-state index in [0.29, 0.717) is 11.1 Å². The molecule has 0 saturated carbocycles. The number of nitrogens with zero attached hydrogens (tertiary/aromatic N) is 3. The average Bonchev–Trinajstić information content (AvgIpc) is 2.21. The van der Waals surface area contributed by atoms with Gasteiger partial charge in [-0.3, -0.25) is 10.1 Å². The number of anilines is 1. The summed E-state index contributed by atoms with van der Waals surface area (Å²) in [5, 5.41) is 10.5. The van der Waals surface area contributed by atoms with E-state index in [2.05, 4.69) is 11.9 Å². The Morgan fingerprint density at radius 3 is 2.50 bits per heavy atom. The van der Waals surface area contributed by atoms with Gasteiger partial charge in [-0.25, -0.2) is 4.39 Å². The maximum Gasteiger partial charge on any atom is 0.272 e. The van der Waals surface area contributed by atoms with Gasteiger partial charge in [-0.15, -0.1) is 0 Å². The van der Waals surface area contributed by atoms with E-state index in [4.69, 9.17) is 0 Å². The summed E-state index contributed by atoms with van der Waals surface area (Å²) in [7, 11) is 2.07. The van der Waals surface area contributed by atoms with Crippen molar-refractivity contribution in [3.8, 4) is 0 Å². The highest BCUT2D eigenvalue weighted by Gasteiger charge is 2.50. The van der Waals surface area contributed by atoms with Crippen LogP contribution in [-0.4, -0.2) is 43.0 Å². The number of nitro groups is 1. The van der Waals surface area contributed by atoms with Crippen LogP contribution in [0.3, 0.4) is 0 Å². The maximum absolute atomic E-state index is 13.8. The molecule has 1 spiro atoms.